The van der Waals surface area contributed by atoms with E-state index in [1.165, 1.54) is 0 Å². The van der Waals surface area contributed by atoms with Gasteiger partial charge in [-0.2, -0.15) is 0 Å². The van der Waals surface area contributed by atoms with Crippen molar-refractivity contribution >= 4 is 40.7 Å². The molecule has 5 nitrogen and oxygen atoms in total. The Bertz CT molecular complexity index is 965. The second kappa shape index (κ2) is 7.64. The van der Waals surface area contributed by atoms with Crippen LogP contribution in [-0.4, -0.2) is 18.9 Å². The highest BCUT2D eigenvalue weighted by Gasteiger charge is 2.14. The van der Waals surface area contributed by atoms with Gasteiger partial charge in [0.15, 0.2) is 5.76 Å². The number of hydrogen-bond acceptors (Lipinski definition) is 3. The van der Waals surface area contributed by atoms with Crippen LogP contribution in [0.3, 0.4) is 0 Å². The maximum Gasteiger partial charge on any atom is 0.291 e. The monoisotopic (exact) mass is 388 g/mol. The zero-order chi connectivity index (χ0) is 18.7. The quantitative estimate of drug-likeness (QED) is 0.669. The van der Waals surface area contributed by atoms with Gasteiger partial charge in [0.05, 0.1) is 5.02 Å². The molecule has 1 heterocycles. The van der Waals surface area contributed by atoms with Crippen LogP contribution in [0.5, 0.6) is 0 Å². The van der Waals surface area contributed by atoms with Gasteiger partial charge in [0, 0.05) is 28.9 Å². The lowest BCUT2D eigenvalue weighted by molar-refractivity contribution is 0.0962. The predicted molar refractivity (Wildman–Crippen MR) is 102 cm³/mol. The summed E-state index contributed by atoms with van der Waals surface area (Å²) in [5, 5.41) is 6.20. The average molecular weight is 389 g/mol. The minimum Gasteiger partial charge on any atom is -0.451 e. The first-order chi connectivity index (χ1) is 12.5. The third kappa shape index (κ3) is 3.90. The summed E-state index contributed by atoms with van der Waals surface area (Å²) in [6.07, 6.45) is 0. The summed E-state index contributed by atoms with van der Waals surface area (Å²) in [7, 11) is 1.56. The summed E-state index contributed by atoms with van der Waals surface area (Å²) in [4.78, 5) is 23.9. The lowest BCUT2D eigenvalue weighted by Gasteiger charge is -2.05. The molecule has 7 heteroatoms. The van der Waals surface area contributed by atoms with Crippen molar-refractivity contribution < 1.29 is 14.0 Å². The third-order valence-electron chi connectivity index (χ3n) is 3.66. The van der Waals surface area contributed by atoms with Crippen LogP contribution < -0.4 is 10.6 Å². The topological polar surface area (TPSA) is 71.3 Å². The molecule has 2 N–H and O–H groups in total. The molecule has 0 spiro atoms. The summed E-state index contributed by atoms with van der Waals surface area (Å²) < 4.78 is 5.60. The van der Waals surface area contributed by atoms with Crippen molar-refractivity contribution in [2.24, 2.45) is 0 Å². The van der Waals surface area contributed by atoms with Crippen LogP contribution in [0.2, 0.25) is 10.0 Å². The molecule has 0 saturated carbocycles. The molecule has 26 heavy (non-hydrogen) atoms. The number of carbonyl (C=O) groups is 2. The Labute approximate surface area is 159 Å². The van der Waals surface area contributed by atoms with Crippen LogP contribution in [0.25, 0.3) is 11.3 Å². The zero-order valence-electron chi connectivity index (χ0n) is 13.7. The van der Waals surface area contributed by atoms with Crippen molar-refractivity contribution in [1.82, 2.24) is 5.32 Å². The van der Waals surface area contributed by atoms with Gasteiger partial charge in [-0.3, -0.25) is 9.59 Å². The van der Waals surface area contributed by atoms with Crippen molar-refractivity contribution in [1.29, 1.82) is 0 Å². The van der Waals surface area contributed by atoms with Gasteiger partial charge in [0.1, 0.15) is 5.76 Å². The molecule has 0 bridgehead atoms. The highest BCUT2D eigenvalue weighted by atomic mass is 35.5. The molecule has 0 aliphatic heterocycles. The molecule has 0 radical (unpaired) electrons. The molecule has 0 unspecified atom stereocenters. The number of benzene rings is 2. The molecule has 0 saturated heterocycles. The number of amides is 2. The normalized spacial score (nSPS) is 10.4. The van der Waals surface area contributed by atoms with E-state index in [2.05, 4.69) is 10.6 Å². The number of furan rings is 1. The lowest BCUT2D eigenvalue weighted by atomic mass is 10.2. The lowest BCUT2D eigenvalue weighted by Crippen LogP contribution is -2.17. The fraction of sp³-hybridized carbons (Fsp3) is 0.0526. The zero-order valence-corrected chi connectivity index (χ0v) is 15.2. The van der Waals surface area contributed by atoms with Crippen molar-refractivity contribution in [3.05, 3.63) is 76.0 Å². The molecule has 2 amide bonds. The summed E-state index contributed by atoms with van der Waals surface area (Å²) in [6.45, 7) is 0. The highest BCUT2D eigenvalue weighted by molar-refractivity contribution is 6.36. The summed E-state index contributed by atoms with van der Waals surface area (Å²) in [5.74, 6) is 0.000557. The van der Waals surface area contributed by atoms with Gasteiger partial charge in [-0.25, -0.2) is 0 Å². The number of halogens is 2. The van der Waals surface area contributed by atoms with Gasteiger partial charge in [0.2, 0.25) is 0 Å². The van der Waals surface area contributed by atoms with Gasteiger partial charge >= 0.3 is 0 Å². The Balaban J connectivity index is 1.75. The number of nitrogens with one attached hydrogen (secondary N) is 2. The number of rotatable bonds is 4. The van der Waals surface area contributed by atoms with E-state index >= 15 is 0 Å². The van der Waals surface area contributed by atoms with Crippen LogP contribution in [-0.2, 0) is 0 Å². The fourth-order valence-corrected chi connectivity index (χ4v) is 2.84. The van der Waals surface area contributed by atoms with Crippen LogP contribution >= 0.6 is 23.2 Å². The van der Waals surface area contributed by atoms with Gasteiger partial charge in [0.25, 0.3) is 11.8 Å². The number of carbonyl (C=O) groups excluding carboxylic acids is 2. The van der Waals surface area contributed by atoms with E-state index in [-0.39, 0.29) is 11.7 Å². The minimum atomic E-state index is -0.408. The van der Waals surface area contributed by atoms with Crippen LogP contribution in [0.1, 0.15) is 20.9 Å². The Morgan fingerprint density at radius 2 is 1.65 bits per heavy atom. The Hall–Kier alpha value is -2.76. The van der Waals surface area contributed by atoms with Gasteiger partial charge in [-0.05, 0) is 54.6 Å². The fourth-order valence-electron chi connectivity index (χ4n) is 2.34. The summed E-state index contributed by atoms with van der Waals surface area (Å²) >= 11 is 12.0. The first kappa shape index (κ1) is 18.0. The molecule has 132 valence electrons. The standard InChI is InChI=1S/C19H14Cl2N2O3/c1-22-18(24)11-2-5-13(6-3-11)23-19(25)17-9-8-16(26-17)14-7-4-12(20)10-15(14)21/h2-10H,1H3,(H,22,24)(H,23,25). The predicted octanol–water partition coefficient (Wildman–Crippen LogP) is 4.87. The van der Waals surface area contributed by atoms with Gasteiger partial charge in [-0.15, -0.1) is 0 Å². The van der Waals surface area contributed by atoms with Crippen molar-refractivity contribution in [3.8, 4) is 11.3 Å². The first-order valence-corrected chi connectivity index (χ1v) is 8.42. The van der Waals surface area contributed by atoms with E-state index in [1.807, 2.05) is 0 Å². The molecule has 0 aliphatic rings. The van der Waals surface area contributed by atoms with Gasteiger partial charge in [-0.1, -0.05) is 23.2 Å². The smallest absolute Gasteiger partial charge is 0.291 e. The molecular formula is C19H14Cl2N2O3. The molecule has 0 atom stereocenters. The van der Waals surface area contributed by atoms with Crippen molar-refractivity contribution in [2.45, 2.75) is 0 Å². The molecule has 3 aromatic rings. The largest absolute Gasteiger partial charge is 0.451 e. The van der Waals surface area contributed by atoms with Gasteiger partial charge < -0.3 is 15.1 Å². The SMILES string of the molecule is CNC(=O)c1ccc(NC(=O)c2ccc(-c3ccc(Cl)cc3Cl)o2)cc1. The maximum atomic E-state index is 12.3. The third-order valence-corrected chi connectivity index (χ3v) is 4.21. The van der Waals surface area contributed by atoms with E-state index < -0.39 is 5.91 Å². The first-order valence-electron chi connectivity index (χ1n) is 7.66. The molecule has 2 aromatic carbocycles. The van der Waals surface area contributed by atoms with Crippen LogP contribution in [0.15, 0.2) is 59.0 Å². The van der Waals surface area contributed by atoms with E-state index in [9.17, 15) is 9.59 Å². The molecule has 1 aromatic heterocycles. The highest BCUT2D eigenvalue weighted by Crippen LogP contribution is 2.31. The Morgan fingerprint density at radius 1 is 0.923 bits per heavy atom. The molecule has 0 aliphatic carbocycles. The Morgan fingerprint density at radius 3 is 2.31 bits per heavy atom. The summed E-state index contributed by atoms with van der Waals surface area (Å²) in [5.41, 5.74) is 1.69. The van der Waals surface area contributed by atoms with E-state index in [0.717, 1.165) is 0 Å². The van der Waals surface area contributed by atoms with E-state index in [4.69, 9.17) is 27.6 Å². The maximum absolute atomic E-state index is 12.3. The molecule has 0 fully saturated rings. The van der Waals surface area contributed by atoms with Crippen molar-refractivity contribution in [3.63, 3.8) is 0 Å². The number of hydrogen-bond donors (Lipinski definition) is 2. The van der Waals surface area contributed by atoms with E-state index in [1.54, 1.807) is 61.6 Å². The minimum absolute atomic E-state index is 0.140. The second-order valence-corrected chi connectivity index (χ2v) is 6.24. The van der Waals surface area contributed by atoms with Crippen molar-refractivity contribution in [2.75, 3.05) is 12.4 Å². The van der Waals surface area contributed by atoms with Crippen LogP contribution in [0, 0.1) is 0 Å². The second-order valence-electron chi connectivity index (χ2n) is 5.40. The molecule has 3 rings (SSSR count). The Kier molecular flexibility index (Phi) is 5.30. The average Bonchev–Trinajstić information content (AvgIpc) is 3.11. The molecular weight excluding hydrogens is 375 g/mol. The van der Waals surface area contributed by atoms with Crippen LogP contribution in [0.4, 0.5) is 5.69 Å². The van der Waals surface area contributed by atoms with E-state index in [0.29, 0.717) is 32.6 Å². The number of anilines is 1. The summed E-state index contributed by atoms with van der Waals surface area (Å²) in [6, 6.07) is 14.8.